The van der Waals surface area contributed by atoms with Gasteiger partial charge < -0.3 is 9.84 Å². The van der Waals surface area contributed by atoms with Gasteiger partial charge in [-0.05, 0) is 80.2 Å². The molecule has 32 heavy (non-hydrogen) atoms. The molecule has 1 N–H and O–H groups in total. The van der Waals surface area contributed by atoms with E-state index in [0.717, 1.165) is 5.56 Å². The lowest BCUT2D eigenvalue weighted by Gasteiger charge is -2.24. The Morgan fingerprint density at radius 3 is 2.44 bits per heavy atom. The third-order valence-electron chi connectivity index (χ3n) is 5.17. The average molecular weight is 452 g/mol. The van der Waals surface area contributed by atoms with Crippen molar-refractivity contribution in [2.24, 2.45) is 0 Å². The first-order valence-electron chi connectivity index (χ1n) is 10.2. The highest BCUT2D eigenvalue weighted by Crippen LogP contribution is 2.43. The van der Waals surface area contributed by atoms with Crippen LogP contribution in [0.15, 0.2) is 65.6 Å². The first-order chi connectivity index (χ1) is 15.3. The molecule has 2 heterocycles. The van der Waals surface area contributed by atoms with Crippen LogP contribution >= 0.6 is 11.3 Å². The summed E-state index contributed by atoms with van der Waals surface area (Å²) in [5.41, 5.74) is 1.59. The summed E-state index contributed by atoms with van der Waals surface area (Å²) in [6, 6.07) is 13.3. The lowest BCUT2D eigenvalue weighted by atomic mass is 9.98. The van der Waals surface area contributed by atoms with E-state index in [-0.39, 0.29) is 17.4 Å². The number of ether oxygens (including phenoxy) is 1. The number of hydrogen-bond donors (Lipinski definition) is 1. The number of aliphatic hydroxyl groups excluding tert-OH is 1. The second kappa shape index (κ2) is 8.59. The Bertz CT molecular complexity index is 1200. The van der Waals surface area contributed by atoms with Crippen molar-refractivity contribution in [2.45, 2.75) is 32.9 Å². The Labute approximate surface area is 189 Å². The lowest BCUT2D eigenvalue weighted by molar-refractivity contribution is -0.132. The molecule has 1 unspecified atom stereocenters. The van der Waals surface area contributed by atoms with Gasteiger partial charge in [0.05, 0.1) is 11.7 Å². The predicted molar refractivity (Wildman–Crippen MR) is 122 cm³/mol. The largest absolute Gasteiger partial charge is 0.507 e. The smallest absolute Gasteiger partial charge is 0.300 e. The van der Waals surface area contributed by atoms with E-state index >= 15 is 0 Å². The maximum Gasteiger partial charge on any atom is 0.300 e. The van der Waals surface area contributed by atoms with Crippen molar-refractivity contribution >= 4 is 34.5 Å². The van der Waals surface area contributed by atoms with Gasteiger partial charge in [-0.2, -0.15) is 0 Å². The summed E-state index contributed by atoms with van der Waals surface area (Å²) in [5.74, 6) is -1.58. The molecule has 1 aromatic heterocycles. The summed E-state index contributed by atoms with van der Waals surface area (Å²) < 4.78 is 19.2. The normalized spacial score (nSPS) is 17.9. The third kappa shape index (κ3) is 3.91. The molecule has 0 saturated carbocycles. The number of carbonyl (C=O) groups excluding carboxylic acids is 2. The van der Waals surface area contributed by atoms with Gasteiger partial charge in [0.1, 0.15) is 23.4 Å². The number of aryl methyl sites for hydroxylation is 1. The monoisotopic (exact) mass is 451 g/mol. The van der Waals surface area contributed by atoms with E-state index in [1.54, 1.807) is 24.3 Å². The molecule has 1 saturated heterocycles. The predicted octanol–water partition coefficient (Wildman–Crippen LogP) is 5.61. The number of thiophene rings is 1. The molecule has 2 aromatic carbocycles. The van der Waals surface area contributed by atoms with Gasteiger partial charge in [-0.15, -0.1) is 11.3 Å². The standard InChI is InChI=1S/C25H22FNO4S/c1-14(2)31-19-11-6-16(13-15(19)3)23(28)21-22(20-5-4-12-32-20)27(25(30)24(21)29)18-9-7-17(26)8-10-18/h4-14,22,28H,1-3H3/b23-21-. The van der Waals surface area contributed by atoms with Crippen LogP contribution in [0.2, 0.25) is 0 Å². The molecule has 0 bridgehead atoms. The van der Waals surface area contributed by atoms with E-state index < -0.39 is 23.5 Å². The minimum atomic E-state index is -0.813. The summed E-state index contributed by atoms with van der Waals surface area (Å²) in [7, 11) is 0. The van der Waals surface area contributed by atoms with Crippen LogP contribution < -0.4 is 9.64 Å². The van der Waals surface area contributed by atoms with Crippen LogP contribution in [0.25, 0.3) is 5.76 Å². The maximum absolute atomic E-state index is 13.5. The minimum absolute atomic E-state index is 0.00120. The number of ketones is 1. The molecule has 7 heteroatoms. The number of halogens is 1. The zero-order valence-corrected chi connectivity index (χ0v) is 18.7. The quantitative estimate of drug-likeness (QED) is 0.311. The molecular formula is C25H22FNO4S. The van der Waals surface area contributed by atoms with Crippen molar-refractivity contribution in [2.75, 3.05) is 4.90 Å². The SMILES string of the molecule is Cc1cc(/C(O)=C2/C(=O)C(=O)N(c3ccc(F)cc3)C2c2cccs2)ccc1OC(C)C. The van der Waals surface area contributed by atoms with Crippen molar-refractivity contribution < 1.29 is 23.8 Å². The van der Waals surface area contributed by atoms with E-state index in [1.165, 1.54) is 40.5 Å². The van der Waals surface area contributed by atoms with Crippen molar-refractivity contribution in [1.82, 2.24) is 0 Å². The van der Waals surface area contributed by atoms with E-state index in [1.807, 2.05) is 32.2 Å². The number of Topliss-reactive ketones (excluding diaryl/α,β-unsaturated/α-hetero) is 1. The highest BCUT2D eigenvalue weighted by atomic mass is 32.1. The number of hydrogen-bond acceptors (Lipinski definition) is 5. The molecule has 0 aliphatic carbocycles. The molecule has 4 rings (SSSR count). The lowest BCUT2D eigenvalue weighted by Crippen LogP contribution is -2.29. The van der Waals surface area contributed by atoms with Crippen molar-refractivity contribution in [3.05, 3.63) is 87.4 Å². The van der Waals surface area contributed by atoms with Crippen molar-refractivity contribution in [3.63, 3.8) is 0 Å². The van der Waals surface area contributed by atoms with E-state index in [2.05, 4.69) is 0 Å². The van der Waals surface area contributed by atoms with Gasteiger partial charge in [0.25, 0.3) is 11.7 Å². The third-order valence-corrected chi connectivity index (χ3v) is 6.10. The summed E-state index contributed by atoms with van der Waals surface area (Å²) in [5, 5.41) is 13.0. The van der Waals surface area contributed by atoms with Crippen LogP contribution in [-0.2, 0) is 9.59 Å². The van der Waals surface area contributed by atoms with Gasteiger partial charge in [-0.3, -0.25) is 14.5 Å². The Hall–Kier alpha value is -3.45. The fourth-order valence-electron chi connectivity index (χ4n) is 3.75. The number of rotatable bonds is 5. The summed E-state index contributed by atoms with van der Waals surface area (Å²) in [6.07, 6.45) is -0.00647. The molecular weight excluding hydrogens is 429 g/mol. The molecule has 1 aliphatic heterocycles. The highest BCUT2D eigenvalue weighted by molar-refractivity contribution is 7.10. The Morgan fingerprint density at radius 2 is 1.84 bits per heavy atom. The number of amides is 1. The number of benzene rings is 2. The van der Waals surface area contributed by atoms with Crippen LogP contribution in [-0.4, -0.2) is 22.9 Å². The first-order valence-corrected chi connectivity index (χ1v) is 11.0. The fraction of sp³-hybridized carbons (Fsp3) is 0.200. The number of nitrogens with zero attached hydrogens (tertiary/aromatic N) is 1. The van der Waals surface area contributed by atoms with Crippen LogP contribution in [0.5, 0.6) is 5.75 Å². The molecule has 0 radical (unpaired) electrons. The number of anilines is 1. The van der Waals surface area contributed by atoms with Crippen molar-refractivity contribution in [1.29, 1.82) is 0 Å². The van der Waals surface area contributed by atoms with Crippen LogP contribution in [0.3, 0.4) is 0 Å². The second-order valence-electron chi connectivity index (χ2n) is 7.81. The minimum Gasteiger partial charge on any atom is -0.507 e. The zero-order valence-electron chi connectivity index (χ0n) is 17.8. The van der Waals surface area contributed by atoms with Crippen LogP contribution in [0, 0.1) is 12.7 Å². The number of aliphatic hydroxyl groups is 1. The van der Waals surface area contributed by atoms with Gasteiger partial charge in [0.15, 0.2) is 0 Å². The fourth-order valence-corrected chi connectivity index (χ4v) is 4.58. The Balaban J connectivity index is 1.85. The summed E-state index contributed by atoms with van der Waals surface area (Å²) in [6.45, 7) is 5.69. The molecule has 1 amide bonds. The summed E-state index contributed by atoms with van der Waals surface area (Å²) >= 11 is 1.37. The first kappa shape index (κ1) is 21.8. The molecule has 164 valence electrons. The molecule has 0 spiro atoms. The zero-order chi connectivity index (χ0) is 23.0. The van der Waals surface area contributed by atoms with E-state index in [9.17, 15) is 19.1 Å². The second-order valence-corrected chi connectivity index (χ2v) is 8.79. The Kier molecular flexibility index (Phi) is 5.84. The molecule has 1 aliphatic rings. The molecule has 1 atom stereocenters. The average Bonchev–Trinajstić information content (AvgIpc) is 3.37. The Morgan fingerprint density at radius 1 is 1.12 bits per heavy atom. The van der Waals surface area contributed by atoms with E-state index in [4.69, 9.17) is 4.74 Å². The van der Waals surface area contributed by atoms with E-state index in [0.29, 0.717) is 21.9 Å². The molecule has 3 aromatic rings. The van der Waals surface area contributed by atoms with Gasteiger partial charge in [-0.1, -0.05) is 6.07 Å². The van der Waals surface area contributed by atoms with Gasteiger partial charge >= 0.3 is 0 Å². The van der Waals surface area contributed by atoms with Crippen LogP contribution in [0.1, 0.15) is 35.9 Å². The topological polar surface area (TPSA) is 66.8 Å². The van der Waals surface area contributed by atoms with Crippen molar-refractivity contribution in [3.8, 4) is 5.75 Å². The highest BCUT2D eigenvalue weighted by Gasteiger charge is 2.47. The molecule has 1 fully saturated rings. The molecule has 5 nitrogen and oxygen atoms in total. The van der Waals surface area contributed by atoms with Gasteiger partial charge in [-0.25, -0.2) is 4.39 Å². The van der Waals surface area contributed by atoms with Crippen LogP contribution in [0.4, 0.5) is 10.1 Å². The summed E-state index contributed by atoms with van der Waals surface area (Å²) in [4.78, 5) is 28.1. The number of carbonyl (C=O) groups is 2. The van der Waals surface area contributed by atoms with Gasteiger partial charge in [0.2, 0.25) is 0 Å². The van der Waals surface area contributed by atoms with Gasteiger partial charge in [0, 0.05) is 16.1 Å². The maximum atomic E-state index is 13.5.